The molecule has 5 heteroatoms. The first-order valence-corrected chi connectivity index (χ1v) is 10.8. The molecule has 0 saturated carbocycles. The van der Waals surface area contributed by atoms with Gasteiger partial charge in [0.2, 0.25) is 0 Å². The molecular weight excluding hydrogens is 374 g/mol. The largest absolute Gasteiger partial charge is 0.377 e. The fourth-order valence-electron chi connectivity index (χ4n) is 2.57. The monoisotopic (exact) mass is 397 g/mol. The number of ether oxygens (including phenoxy) is 1. The standard InChI is InChI=1S/C22H23NO2S2/c1-2-25-15-18-11-9-17(10-12-18)14-23-22(24)20-7-3-4-8-21(20)27-16-19-6-5-13-26-19/h3-13H,2,14-16H2,1H3,(H,23,24). The summed E-state index contributed by atoms with van der Waals surface area (Å²) in [4.78, 5) is 15.0. The minimum Gasteiger partial charge on any atom is -0.377 e. The highest BCUT2D eigenvalue weighted by Gasteiger charge is 2.11. The van der Waals surface area contributed by atoms with Gasteiger partial charge in [0, 0.05) is 28.7 Å². The molecule has 0 radical (unpaired) electrons. The second kappa shape index (κ2) is 10.3. The van der Waals surface area contributed by atoms with Gasteiger partial charge in [-0.05, 0) is 41.6 Å². The van der Waals surface area contributed by atoms with Crippen molar-refractivity contribution in [2.45, 2.75) is 30.7 Å². The van der Waals surface area contributed by atoms with Crippen LogP contribution in [-0.4, -0.2) is 12.5 Å². The van der Waals surface area contributed by atoms with Crippen molar-refractivity contribution < 1.29 is 9.53 Å². The van der Waals surface area contributed by atoms with E-state index >= 15 is 0 Å². The summed E-state index contributed by atoms with van der Waals surface area (Å²) in [6.07, 6.45) is 0. The van der Waals surface area contributed by atoms with Crippen LogP contribution in [0.2, 0.25) is 0 Å². The molecule has 0 atom stereocenters. The average Bonchev–Trinajstić information content (AvgIpc) is 3.23. The van der Waals surface area contributed by atoms with Gasteiger partial charge in [-0.25, -0.2) is 0 Å². The summed E-state index contributed by atoms with van der Waals surface area (Å²) < 4.78 is 5.41. The number of carbonyl (C=O) groups excluding carboxylic acids is 1. The predicted octanol–water partition coefficient (Wildman–Crippen LogP) is 5.51. The normalized spacial score (nSPS) is 10.7. The van der Waals surface area contributed by atoms with Crippen LogP contribution in [0.4, 0.5) is 0 Å². The third kappa shape index (κ3) is 5.96. The summed E-state index contributed by atoms with van der Waals surface area (Å²) in [5.41, 5.74) is 2.95. The molecule has 1 heterocycles. The van der Waals surface area contributed by atoms with Gasteiger partial charge in [0.1, 0.15) is 0 Å². The predicted molar refractivity (Wildman–Crippen MR) is 113 cm³/mol. The zero-order chi connectivity index (χ0) is 18.9. The Balaban J connectivity index is 1.57. The average molecular weight is 398 g/mol. The maximum atomic E-state index is 12.7. The molecule has 0 aliphatic heterocycles. The molecule has 1 aromatic heterocycles. The van der Waals surface area contributed by atoms with Gasteiger partial charge >= 0.3 is 0 Å². The molecule has 0 saturated heterocycles. The van der Waals surface area contributed by atoms with Crippen LogP contribution in [0.5, 0.6) is 0 Å². The highest BCUT2D eigenvalue weighted by Crippen LogP contribution is 2.28. The van der Waals surface area contributed by atoms with E-state index in [9.17, 15) is 4.79 Å². The van der Waals surface area contributed by atoms with Crippen LogP contribution in [0.15, 0.2) is 70.9 Å². The summed E-state index contributed by atoms with van der Waals surface area (Å²) in [6.45, 7) is 3.83. The van der Waals surface area contributed by atoms with Crippen molar-refractivity contribution in [2.24, 2.45) is 0 Å². The number of rotatable bonds is 9. The number of hydrogen-bond donors (Lipinski definition) is 1. The Morgan fingerprint density at radius 2 is 1.81 bits per heavy atom. The molecule has 2 aromatic carbocycles. The number of amides is 1. The molecule has 0 bridgehead atoms. The van der Waals surface area contributed by atoms with E-state index in [4.69, 9.17) is 4.74 Å². The van der Waals surface area contributed by atoms with Crippen molar-refractivity contribution in [3.05, 3.63) is 87.6 Å². The van der Waals surface area contributed by atoms with E-state index in [1.807, 2.05) is 55.5 Å². The maximum absolute atomic E-state index is 12.7. The van der Waals surface area contributed by atoms with E-state index in [-0.39, 0.29) is 5.91 Å². The van der Waals surface area contributed by atoms with Crippen LogP contribution >= 0.6 is 23.1 Å². The number of thiophene rings is 1. The minimum absolute atomic E-state index is 0.0392. The lowest BCUT2D eigenvalue weighted by atomic mass is 10.1. The number of nitrogens with one attached hydrogen (secondary N) is 1. The van der Waals surface area contributed by atoms with E-state index in [1.165, 1.54) is 4.88 Å². The lowest BCUT2D eigenvalue weighted by molar-refractivity contribution is 0.0948. The van der Waals surface area contributed by atoms with Crippen LogP contribution in [0.25, 0.3) is 0 Å². The smallest absolute Gasteiger partial charge is 0.252 e. The van der Waals surface area contributed by atoms with E-state index in [0.717, 1.165) is 27.3 Å². The maximum Gasteiger partial charge on any atom is 0.252 e. The second-order valence-electron chi connectivity index (χ2n) is 6.00. The van der Waals surface area contributed by atoms with Gasteiger partial charge < -0.3 is 10.1 Å². The highest BCUT2D eigenvalue weighted by atomic mass is 32.2. The van der Waals surface area contributed by atoms with E-state index in [2.05, 4.69) is 22.8 Å². The Hall–Kier alpha value is -2.08. The lowest BCUT2D eigenvalue weighted by Crippen LogP contribution is -2.23. The third-order valence-corrected chi connectivity index (χ3v) is 6.21. The molecule has 0 spiro atoms. The van der Waals surface area contributed by atoms with E-state index in [1.54, 1.807) is 23.1 Å². The number of thioether (sulfide) groups is 1. The van der Waals surface area contributed by atoms with Crippen molar-refractivity contribution in [1.82, 2.24) is 5.32 Å². The summed E-state index contributed by atoms with van der Waals surface area (Å²) in [5.74, 6) is 0.839. The van der Waals surface area contributed by atoms with Crippen LogP contribution in [-0.2, 0) is 23.6 Å². The molecule has 3 aromatic rings. The molecule has 1 amide bonds. The van der Waals surface area contributed by atoms with Gasteiger partial charge in [0.25, 0.3) is 5.91 Å². The van der Waals surface area contributed by atoms with E-state index < -0.39 is 0 Å². The summed E-state index contributed by atoms with van der Waals surface area (Å²) in [6, 6.07) is 20.1. The SMILES string of the molecule is CCOCc1ccc(CNC(=O)c2ccccc2SCc2cccs2)cc1. The van der Waals surface area contributed by atoms with Gasteiger partial charge in [-0.1, -0.05) is 42.5 Å². The Kier molecular flexibility index (Phi) is 7.51. The quantitative estimate of drug-likeness (QED) is 0.484. The fourth-order valence-corrected chi connectivity index (χ4v) is 4.40. The molecule has 0 fully saturated rings. The van der Waals surface area contributed by atoms with Gasteiger partial charge in [-0.3, -0.25) is 4.79 Å². The lowest BCUT2D eigenvalue weighted by Gasteiger charge is -2.10. The van der Waals surface area contributed by atoms with Crippen LogP contribution < -0.4 is 5.32 Å². The molecule has 0 aliphatic carbocycles. The first-order valence-electron chi connectivity index (χ1n) is 8.94. The Morgan fingerprint density at radius 1 is 1.04 bits per heavy atom. The molecule has 0 unspecified atom stereocenters. The molecule has 1 N–H and O–H groups in total. The third-order valence-electron chi connectivity index (χ3n) is 4.03. The first-order chi connectivity index (χ1) is 13.3. The van der Waals surface area contributed by atoms with Crippen molar-refractivity contribution in [2.75, 3.05) is 6.61 Å². The molecule has 27 heavy (non-hydrogen) atoms. The van der Waals surface area contributed by atoms with Crippen LogP contribution in [0.3, 0.4) is 0 Å². The van der Waals surface area contributed by atoms with Crippen molar-refractivity contribution in [3.8, 4) is 0 Å². The summed E-state index contributed by atoms with van der Waals surface area (Å²) in [7, 11) is 0. The zero-order valence-electron chi connectivity index (χ0n) is 15.3. The Labute approximate surface area is 168 Å². The Bertz CT molecular complexity index is 845. The first kappa shape index (κ1) is 19.7. The van der Waals surface area contributed by atoms with Crippen molar-refractivity contribution >= 4 is 29.0 Å². The van der Waals surface area contributed by atoms with E-state index in [0.29, 0.717) is 19.8 Å². The van der Waals surface area contributed by atoms with Gasteiger partial charge in [-0.2, -0.15) is 0 Å². The van der Waals surface area contributed by atoms with Crippen molar-refractivity contribution in [1.29, 1.82) is 0 Å². The van der Waals surface area contributed by atoms with Crippen LogP contribution in [0, 0.1) is 0 Å². The molecular formula is C22H23NO2S2. The highest BCUT2D eigenvalue weighted by molar-refractivity contribution is 7.98. The fraction of sp³-hybridized carbons (Fsp3) is 0.227. The van der Waals surface area contributed by atoms with Gasteiger partial charge in [0.05, 0.1) is 12.2 Å². The van der Waals surface area contributed by atoms with Crippen molar-refractivity contribution in [3.63, 3.8) is 0 Å². The zero-order valence-corrected chi connectivity index (χ0v) is 16.9. The Morgan fingerprint density at radius 3 is 2.56 bits per heavy atom. The molecule has 3 nitrogen and oxygen atoms in total. The van der Waals surface area contributed by atoms with Gasteiger partial charge in [0.15, 0.2) is 0 Å². The number of carbonyl (C=O) groups is 1. The number of hydrogen-bond acceptors (Lipinski definition) is 4. The molecule has 3 rings (SSSR count). The van der Waals surface area contributed by atoms with Gasteiger partial charge in [-0.15, -0.1) is 23.1 Å². The summed E-state index contributed by atoms with van der Waals surface area (Å²) in [5, 5.41) is 5.11. The van der Waals surface area contributed by atoms with Crippen LogP contribution in [0.1, 0.15) is 33.3 Å². The summed E-state index contributed by atoms with van der Waals surface area (Å²) >= 11 is 3.44. The molecule has 0 aliphatic rings. The topological polar surface area (TPSA) is 38.3 Å². The number of benzene rings is 2. The molecule has 140 valence electrons. The second-order valence-corrected chi connectivity index (χ2v) is 8.05. The minimum atomic E-state index is -0.0392.